The van der Waals surface area contributed by atoms with Gasteiger partial charge in [-0.3, -0.25) is 0 Å². The van der Waals surface area contributed by atoms with E-state index in [0.717, 1.165) is 13.1 Å². The number of nitrogens with one attached hydrogen (secondary N) is 1. The number of anilines is 1. The Balaban J connectivity index is 1.88. The number of likely N-dealkylation sites (N-methyl/N-ethyl adjacent to an activating group) is 1. The van der Waals surface area contributed by atoms with Crippen molar-refractivity contribution in [3.8, 4) is 0 Å². The van der Waals surface area contributed by atoms with E-state index in [9.17, 15) is 4.79 Å². The summed E-state index contributed by atoms with van der Waals surface area (Å²) < 4.78 is 0. The summed E-state index contributed by atoms with van der Waals surface area (Å²) in [5.41, 5.74) is 1.32. The predicted octanol–water partition coefficient (Wildman–Crippen LogP) is 2.71. The molecule has 0 spiro atoms. The number of aromatic carboxylic acids is 1. The molecule has 2 N–H and O–H groups in total. The molecule has 0 aliphatic rings. The molecule has 22 heavy (non-hydrogen) atoms. The maximum absolute atomic E-state index is 10.9. The van der Waals surface area contributed by atoms with Gasteiger partial charge in [-0.25, -0.2) is 9.78 Å². The van der Waals surface area contributed by atoms with Gasteiger partial charge in [0.15, 0.2) is 5.69 Å². The van der Waals surface area contributed by atoms with E-state index in [1.165, 1.54) is 11.6 Å². The SMILES string of the molecule is CC(CN(C)Cc1ccccc1)Nc1cccc(C(=O)O)n1. The third-order valence-corrected chi connectivity index (χ3v) is 3.24. The van der Waals surface area contributed by atoms with Crippen molar-refractivity contribution in [1.82, 2.24) is 9.88 Å². The second-order valence-electron chi connectivity index (χ2n) is 5.44. The molecule has 1 unspecified atom stereocenters. The minimum absolute atomic E-state index is 0.0508. The van der Waals surface area contributed by atoms with E-state index in [1.807, 2.05) is 18.2 Å². The molecule has 0 fully saturated rings. The molecular formula is C17H21N3O2. The van der Waals surface area contributed by atoms with Gasteiger partial charge in [0, 0.05) is 19.1 Å². The molecule has 5 nitrogen and oxygen atoms in total. The van der Waals surface area contributed by atoms with E-state index >= 15 is 0 Å². The van der Waals surface area contributed by atoms with Gasteiger partial charge in [-0.05, 0) is 31.7 Å². The molecule has 0 saturated heterocycles. The van der Waals surface area contributed by atoms with Crippen LogP contribution in [0.15, 0.2) is 48.5 Å². The molecule has 2 rings (SSSR count). The fraction of sp³-hybridized carbons (Fsp3) is 0.294. The summed E-state index contributed by atoms with van der Waals surface area (Å²) in [4.78, 5) is 17.2. The first-order chi connectivity index (χ1) is 10.5. The number of carbonyl (C=O) groups is 1. The van der Waals surface area contributed by atoms with Crippen LogP contribution in [0.1, 0.15) is 23.0 Å². The second kappa shape index (κ2) is 7.56. The molecule has 0 amide bonds. The molecule has 0 aliphatic carbocycles. The average molecular weight is 299 g/mol. The Kier molecular flexibility index (Phi) is 5.49. The van der Waals surface area contributed by atoms with Crippen molar-refractivity contribution in [3.63, 3.8) is 0 Å². The van der Waals surface area contributed by atoms with E-state index in [2.05, 4.69) is 41.3 Å². The fourth-order valence-corrected chi connectivity index (χ4v) is 2.36. The first kappa shape index (κ1) is 16.0. The minimum Gasteiger partial charge on any atom is -0.477 e. The molecule has 2 aromatic rings. The topological polar surface area (TPSA) is 65.5 Å². The quantitative estimate of drug-likeness (QED) is 0.823. The van der Waals surface area contributed by atoms with Crippen LogP contribution < -0.4 is 5.32 Å². The summed E-state index contributed by atoms with van der Waals surface area (Å²) in [5, 5.41) is 12.2. The number of carboxylic acids is 1. The van der Waals surface area contributed by atoms with Gasteiger partial charge in [-0.15, -0.1) is 0 Å². The lowest BCUT2D eigenvalue weighted by atomic mass is 10.2. The van der Waals surface area contributed by atoms with Crippen LogP contribution in [0.25, 0.3) is 0 Å². The second-order valence-corrected chi connectivity index (χ2v) is 5.44. The van der Waals surface area contributed by atoms with E-state index in [-0.39, 0.29) is 11.7 Å². The summed E-state index contributed by atoms with van der Waals surface area (Å²) in [7, 11) is 2.06. The molecule has 0 saturated carbocycles. The zero-order valence-corrected chi connectivity index (χ0v) is 12.9. The third kappa shape index (κ3) is 4.86. The van der Waals surface area contributed by atoms with Crippen LogP contribution in [0.5, 0.6) is 0 Å². The Morgan fingerprint density at radius 1 is 1.23 bits per heavy atom. The molecule has 1 heterocycles. The Labute approximate surface area is 130 Å². The lowest BCUT2D eigenvalue weighted by Gasteiger charge is -2.22. The Hall–Kier alpha value is -2.40. The lowest BCUT2D eigenvalue weighted by molar-refractivity contribution is 0.0690. The summed E-state index contributed by atoms with van der Waals surface area (Å²) >= 11 is 0. The number of nitrogens with zero attached hydrogens (tertiary/aromatic N) is 2. The van der Waals surface area contributed by atoms with E-state index in [0.29, 0.717) is 5.82 Å². The monoisotopic (exact) mass is 299 g/mol. The van der Waals surface area contributed by atoms with Crippen molar-refractivity contribution in [3.05, 3.63) is 59.8 Å². The number of carboxylic acid groups (broad SMARTS) is 1. The molecular weight excluding hydrogens is 278 g/mol. The predicted molar refractivity (Wildman–Crippen MR) is 87.1 cm³/mol. The summed E-state index contributed by atoms with van der Waals surface area (Å²) in [6, 6.07) is 15.4. The van der Waals surface area contributed by atoms with Gasteiger partial charge in [-0.1, -0.05) is 36.4 Å². The Bertz CT molecular complexity index is 616. The van der Waals surface area contributed by atoms with Crippen LogP contribution >= 0.6 is 0 Å². The standard InChI is InChI=1S/C17H21N3O2/c1-13(11-20(2)12-14-7-4-3-5-8-14)18-16-10-6-9-15(19-16)17(21)22/h3-10,13H,11-12H2,1-2H3,(H,18,19)(H,21,22). The number of aromatic nitrogens is 1. The van der Waals surface area contributed by atoms with Crippen LogP contribution in [0, 0.1) is 0 Å². The highest BCUT2D eigenvalue weighted by molar-refractivity contribution is 5.85. The molecule has 0 aliphatic heterocycles. The van der Waals surface area contributed by atoms with Crippen molar-refractivity contribution in [2.75, 3.05) is 18.9 Å². The van der Waals surface area contributed by atoms with Crippen molar-refractivity contribution in [2.45, 2.75) is 19.5 Å². The Morgan fingerprint density at radius 3 is 2.64 bits per heavy atom. The number of rotatable bonds is 7. The van der Waals surface area contributed by atoms with Crippen molar-refractivity contribution >= 4 is 11.8 Å². The van der Waals surface area contributed by atoms with Crippen LogP contribution in [-0.4, -0.2) is 40.6 Å². The molecule has 1 aromatic heterocycles. The van der Waals surface area contributed by atoms with Gasteiger partial charge in [0.25, 0.3) is 0 Å². The van der Waals surface area contributed by atoms with Gasteiger partial charge in [0.1, 0.15) is 5.82 Å². The van der Waals surface area contributed by atoms with Crippen LogP contribution in [0.3, 0.4) is 0 Å². The zero-order chi connectivity index (χ0) is 15.9. The van der Waals surface area contributed by atoms with Gasteiger partial charge in [0.2, 0.25) is 0 Å². The van der Waals surface area contributed by atoms with Crippen molar-refractivity contribution in [2.24, 2.45) is 0 Å². The largest absolute Gasteiger partial charge is 0.477 e. The molecule has 0 bridgehead atoms. The number of benzene rings is 1. The van der Waals surface area contributed by atoms with Gasteiger partial charge >= 0.3 is 5.97 Å². The molecule has 0 radical (unpaired) electrons. The van der Waals surface area contributed by atoms with E-state index < -0.39 is 5.97 Å². The van der Waals surface area contributed by atoms with Crippen LogP contribution in [0.2, 0.25) is 0 Å². The molecule has 1 aromatic carbocycles. The molecule has 1 atom stereocenters. The minimum atomic E-state index is -1.02. The summed E-state index contributed by atoms with van der Waals surface area (Å²) in [5.74, 6) is -0.432. The Morgan fingerprint density at radius 2 is 1.95 bits per heavy atom. The highest BCUT2D eigenvalue weighted by Crippen LogP contribution is 2.08. The van der Waals surface area contributed by atoms with Gasteiger partial charge < -0.3 is 15.3 Å². The van der Waals surface area contributed by atoms with E-state index in [1.54, 1.807) is 12.1 Å². The lowest BCUT2D eigenvalue weighted by Crippen LogP contribution is -2.32. The normalized spacial score (nSPS) is 12.1. The smallest absolute Gasteiger partial charge is 0.354 e. The zero-order valence-electron chi connectivity index (χ0n) is 12.9. The molecule has 116 valence electrons. The highest BCUT2D eigenvalue weighted by Gasteiger charge is 2.09. The number of hydrogen-bond donors (Lipinski definition) is 2. The third-order valence-electron chi connectivity index (χ3n) is 3.24. The number of hydrogen-bond acceptors (Lipinski definition) is 4. The van der Waals surface area contributed by atoms with Crippen molar-refractivity contribution in [1.29, 1.82) is 0 Å². The van der Waals surface area contributed by atoms with Crippen molar-refractivity contribution < 1.29 is 9.90 Å². The molecule has 5 heteroatoms. The first-order valence-corrected chi connectivity index (χ1v) is 7.24. The maximum Gasteiger partial charge on any atom is 0.354 e. The summed E-state index contributed by atoms with van der Waals surface area (Å²) in [6.07, 6.45) is 0. The number of pyridine rings is 1. The first-order valence-electron chi connectivity index (χ1n) is 7.24. The van der Waals surface area contributed by atoms with Gasteiger partial charge in [-0.2, -0.15) is 0 Å². The van der Waals surface area contributed by atoms with E-state index in [4.69, 9.17) is 5.11 Å². The van der Waals surface area contributed by atoms with Crippen LogP contribution in [0.4, 0.5) is 5.82 Å². The highest BCUT2D eigenvalue weighted by atomic mass is 16.4. The van der Waals surface area contributed by atoms with Crippen LogP contribution in [-0.2, 0) is 6.54 Å². The average Bonchev–Trinajstić information content (AvgIpc) is 2.48. The van der Waals surface area contributed by atoms with Gasteiger partial charge in [0.05, 0.1) is 0 Å². The fourth-order valence-electron chi connectivity index (χ4n) is 2.36. The summed E-state index contributed by atoms with van der Waals surface area (Å²) in [6.45, 7) is 3.75. The maximum atomic E-state index is 10.9.